The van der Waals surface area contributed by atoms with Crippen LogP contribution in [-0.4, -0.2) is 26.9 Å². The van der Waals surface area contributed by atoms with Gasteiger partial charge in [0.1, 0.15) is 10.7 Å². The van der Waals surface area contributed by atoms with Crippen LogP contribution < -0.4 is 15.8 Å². The Morgan fingerprint density at radius 3 is 2.60 bits per heavy atom. The summed E-state index contributed by atoms with van der Waals surface area (Å²) in [7, 11) is -4.05. The summed E-state index contributed by atoms with van der Waals surface area (Å²) < 4.78 is 39.1. The number of rotatable bonds is 5. The van der Waals surface area contributed by atoms with Gasteiger partial charge in [0.25, 0.3) is 0 Å². The SMILES string of the molecule is CC(C)NC(=O)CNS(=O)(=O)c1cc(N)c(F)cc1Cl. The van der Waals surface area contributed by atoms with Crippen LogP contribution in [0.25, 0.3) is 0 Å². The highest BCUT2D eigenvalue weighted by Crippen LogP contribution is 2.25. The lowest BCUT2D eigenvalue weighted by Crippen LogP contribution is -2.39. The van der Waals surface area contributed by atoms with Gasteiger partial charge < -0.3 is 11.1 Å². The molecule has 0 aliphatic rings. The Morgan fingerprint density at radius 2 is 2.05 bits per heavy atom. The molecule has 6 nitrogen and oxygen atoms in total. The lowest BCUT2D eigenvalue weighted by molar-refractivity contribution is -0.120. The van der Waals surface area contributed by atoms with Crippen LogP contribution in [-0.2, 0) is 14.8 Å². The molecule has 0 unspecified atom stereocenters. The molecular formula is C11H15ClFN3O3S. The highest BCUT2D eigenvalue weighted by Gasteiger charge is 2.21. The van der Waals surface area contributed by atoms with Crippen LogP contribution in [0.1, 0.15) is 13.8 Å². The maximum Gasteiger partial charge on any atom is 0.242 e. The fourth-order valence-corrected chi connectivity index (χ4v) is 2.89. The van der Waals surface area contributed by atoms with Gasteiger partial charge in [-0.1, -0.05) is 11.6 Å². The van der Waals surface area contributed by atoms with Crippen LogP contribution in [0.2, 0.25) is 5.02 Å². The monoisotopic (exact) mass is 323 g/mol. The van der Waals surface area contributed by atoms with E-state index in [0.717, 1.165) is 12.1 Å². The summed E-state index contributed by atoms with van der Waals surface area (Å²) in [6.45, 7) is 3.03. The van der Waals surface area contributed by atoms with E-state index in [0.29, 0.717) is 0 Å². The zero-order chi connectivity index (χ0) is 15.5. The molecule has 1 rings (SSSR count). The molecular weight excluding hydrogens is 309 g/mol. The first-order chi connectivity index (χ1) is 9.13. The number of hydrogen-bond donors (Lipinski definition) is 3. The van der Waals surface area contributed by atoms with Crippen LogP contribution in [0.5, 0.6) is 0 Å². The third-order valence-corrected chi connectivity index (χ3v) is 4.08. The van der Waals surface area contributed by atoms with E-state index in [1.165, 1.54) is 0 Å². The molecule has 0 aromatic heterocycles. The van der Waals surface area contributed by atoms with Crippen LogP contribution in [0.15, 0.2) is 17.0 Å². The second-order valence-electron chi connectivity index (χ2n) is 4.35. The lowest BCUT2D eigenvalue weighted by Gasteiger charge is -2.11. The largest absolute Gasteiger partial charge is 0.396 e. The molecule has 9 heteroatoms. The van der Waals surface area contributed by atoms with Crippen molar-refractivity contribution in [1.29, 1.82) is 0 Å². The Bertz CT molecular complexity index is 620. The number of amides is 1. The molecule has 0 aliphatic heterocycles. The third kappa shape index (κ3) is 4.32. The summed E-state index contributed by atoms with van der Waals surface area (Å²) in [6, 6.07) is 1.59. The van der Waals surface area contributed by atoms with Crippen molar-refractivity contribution < 1.29 is 17.6 Å². The molecule has 4 N–H and O–H groups in total. The van der Waals surface area contributed by atoms with Gasteiger partial charge in [0.05, 0.1) is 17.3 Å². The molecule has 0 fully saturated rings. The summed E-state index contributed by atoms with van der Waals surface area (Å²) in [5.74, 6) is -1.30. The van der Waals surface area contributed by atoms with Crippen molar-refractivity contribution in [2.75, 3.05) is 12.3 Å². The second-order valence-corrected chi connectivity index (χ2v) is 6.49. The van der Waals surface area contributed by atoms with Gasteiger partial charge in [0.2, 0.25) is 15.9 Å². The van der Waals surface area contributed by atoms with Crippen molar-refractivity contribution in [2.45, 2.75) is 24.8 Å². The standard InChI is InChI=1S/C11H15ClFN3O3S/c1-6(2)16-11(17)5-15-20(18,19)10-4-9(14)8(13)3-7(10)12/h3-4,6,15H,5,14H2,1-2H3,(H,16,17). The molecule has 0 heterocycles. The first-order valence-electron chi connectivity index (χ1n) is 5.67. The summed E-state index contributed by atoms with van der Waals surface area (Å²) in [6.07, 6.45) is 0. The molecule has 0 radical (unpaired) electrons. The number of sulfonamides is 1. The fraction of sp³-hybridized carbons (Fsp3) is 0.364. The molecule has 112 valence electrons. The van der Waals surface area contributed by atoms with Gasteiger partial charge >= 0.3 is 0 Å². The molecule has 1 aromatic carbocycles. The van der Waals surface area contributed by atoms with Gasteiger partial charge in [-0.3, -0.25) is 4.79 Å². The molecule has 0 spiro atoms. The van der Waals surface area contributed by atoms with E-state index in [4.69, 9.17) is 17.3 Å². The Labute approximate surface area is 121 Å². The van der Waals surface area contributed by atoms with Crippen molar-refractivity contribution in [3.05, 3.63) is 23.0 Å². The zero-order valence-electron chi connectivity index (χ0n) is 10.9. The normalized spacial score (nSPS) is 11.7. The number of hydrogen-bond acceptors (Lipinski definition) is 4. The summed E-state index contributed by atoms with van der Waals surface area (Å²) in [4.78, 5) is 11.0. The molecule has 0 atom stereocenters. The fourth-order valence-electron chi connectivity index (χ4n) is 1.36. The maximum atomic E-state index is 13.1. The Kier molecular flexibility index (Phi) is 5.32. The van der Waals surface area contributed by atoms with Gasteiger partial charge in [-0.25, -0.2) is 17.5 Å². The minimum atomic E-state index is -4.05. The first-order valence-corrected chi connectivity index (χ1v) is 7.53. The van der Waals surface area contributed by atoms with E-state index < -0.39 is 28.3 Å². The number of nitrogens with two attached hydrogens (primary N) is 1. The van der Waals surface area contributed by atoms with Crippen molar-refractivity contribution in [3.63, 3.8) is 0 Å². The molecule has 1 aromatic rings. The summed E-state index contributed by atoms with van der Waals surface area (Å²) in [5.41, 5.74) is 4.96. The van der Waals surface area contributed by atoms with Crippen LogP contribution in [0, 0.1) is 5.82 Å². The predicted octanol–water partition coefficient (Wildman–Crippen LogP) is 0.864. The van der Waals surface area contributed by atoms with Gasteiger partial charge in [-0.05, 0) is 26.0 Å². The Hall–Kier alpha value is -1.38. The van der Waals surface area contributed by atoms with E-state index in [1.54, 1.807) is 13.8 Å². The quantitative estimate of drug-likeness (QED) is 0.700. The van der Waals surface area contributed by atoms with Crippen LogP contribution >= 0.6 is 11.6 Å². The smallest absolute Gasteiger partial charge is 0.242 e. The number of halogens is 2. The topological polar surface area (TPSA) is 101 Å². The average Bonchev–Trinajstić information content (AvgIpc) is 2.30. The third-order valence-electron chi connectivity index (χ3n) is 2.21. The van der Waals surface area contributed by atoms with Crippen molar-refractivity contribution >= 4 is 33.2 Å². The van der Waals surface area contributed by atoms with Gasteiger partial charge in [0.15, 0.2) is 0 Å². The van der Waals surface area contributed by atoms with Gasteiger partial charge in [0, 0.05) is 6.04 Å². The average molecular weight is 324 g/mol. The predicted molar refractivity (Wildman–Crippen MR) is 74.3 cm³/mol. The van der Waals surface area contributed by atoms with E-state index in [9.17, 15) is 17.6 Å². The number of nitrogens with one attached hydrogen (secondary N) is 2. The van der Waals surface area contributed by atoms with E-state index in [2.05, 4.69) is 10.0 Å². The zero-order valence-corrected chi connectivity index (χ0v) is 12.5. The number of benzene rings is 1. The number of nitrogen functional groups attached to an aromatic ring is 1. The minimum Gasteiger partial charge on any atom is -0.396 e. The Morgan fingerprint density at radius 1 is 1.45 bits per heavy atom. The maximum absolute atomic E-state index is 13.1. The molecule has 0 saturated carbocycles. The lowest BCUT2D eigenvalue weighted by atomic mass is 10.3. The Balaban J connectivity index is 2.90. The molecule has 0 saturated heterocycles. The highest BCUT2D eigenvalue weighted by atomic mass is 35.5. The van der Waals surface area contributed by atoms with E-state index in [-0.39, 0.29) is 21.6 Å². The molecule has 20 heavy (non-hydrogen) atoms. The summed E-state index contributed by atoms with van der Waals surface area (Å²) in [5, 5.41) is 2.21. The van der Waals surface area contributed by atoms with Crippen molar-refractivity contribution in [3.8, 4) is 0 Å². The summed E-state index contributed by atoms with van der Waals surface area (Å²) >= 11 is 5.67. The van der Waals surface area contributed by atoms with E-state index >= 15 is 0 Å². The first kappa shape index (κ1) is 16.7. The van der Waals surface area contributed by atoms with Gasteiger partial charge in [-0.15, -0.1) is 0 Å². The van der Waals surface area contributed by atoms with Crippen LogP contribution in [0.3, 0.4) is 0 Å². The molecule has 0 aliphatic carbocycles. The number of carbonyl (C=O) groups is 1. The van der Waals surface area contributed by atoms with Crippen LogP contribution in [0.4, 0.5) is 10.1 Å². The van der Waals surface area contributed by atoms with Crippen molar-refractivity contribution in [1.82, 2.24) is 10.0 Å². The number of carbonyl (C=O) groups excluding carboxylic acids is 1. The van der Waals surface area contributed by atoms with Crippen molar-refractivity contribution in [2.24, 2.45) is 0 Å². The molecule has 0 bridgehead atoms. The number of anilines is 1. The van der Waals surface area contributed by atoms with E-state index in [1.807, 2.05) is 0 Å². The van der Waals surface area contributed by atoms with Gasteiger partial charge in [-0.2, -0.15) is 0 Å². The minimum absolute atomic E-state index is 0.114. The molecule has 1 amide bonds. The highest BCUT2D eigenvalue weighted by molar-refractivity contribution is 7.89. The second kappa shape index (κ2) is 6.38.